The van der Waals surface area contributed by atoms with Crippen LogP contribution in [-0.2, 0) is 5.54 Å². The molecule has 0 saturated heterocycles. The zero-order chi connectivity index (χ0) is 20.5. The van der Waals surface area contributed by atoms with E-state index in [4.69, 9.17) is 5.73 Å². The van der Waals surface area contributed by atoms with Gasteiger partial charge in [-0.25, -0.2) is 23.1 Å². The van der Waals surface area contributed by atoms with Gasteiger partial charge in [0.25, 0.3) is 0 Å². The molecule has 0 radical (unpaired) electrons. The molecule has 3 N–H and O–H groups in total. The van der Waals surface area contributed by atoms with E-state index in [0.717, 1.165) is 17.7 Å². The maximum Gasteiger partial charge on any atom is 0.227 e. The van der Waals surface area contributed by atoms with Crippen LogP contribution in [0.4, 0.5) is 24.8 Å². The summed E-state index contributed by atoms with van der Waals surface area (Å²) < 4.78 is 39.9. The van der Waals surface area contributed by atoms with Gasteiger partial charge >= 0.3 is 0 Å². The Morgan fingerprint density at radius 3 is 2.21 bits per heavy atom. The van der Waals surface area contributed by atoms with Crippen LogP contribution in [0.25, 0.3) is 11.3 Å². The molecule has 0 unspecified atom stereocenters. The number of anilines is 2. The summed E-state index contributed by atoms with van der Waals surface area (Å²) in [5, 5.41) is 11.9. The normalized spacial score (nSPS) is 11.2. The van der Waals surface area contributed by atoms with E-state index in [9.17, 15) is 18.4 Å². The van der Waals surface area contributed by atoms with Crippen molar-refractivity contribution in [2.45, 2.75) is 19.4 Å². The summed E-state index contributed by atoms with van der Waals surface area (Å²) in [7, 11) is 0. The SMILES string of the molecule is CC(C)(N)c1ccc(-c2nc(Nc3cc(F)c(F)c(F)c3)ncc2C#N)cc1. The van der Waals surface area contributed by atoms with E-state index in [2.05, 4.69) is 15.3 Å². The molecule has 5 nitrogen and oxygen atoms in total. The Morgan fingerprint density at radius 1 is 1.07 bits per heavy atom. The Morgan fingerprint density at radius 2 is 1.68 bits per heavy atom. The van der Waals surface area contributed by atoms with E-state index >= 15 is 0 Å². The molecule has 0 saturated carbocycles. The lowest BCUT2D eigenvalue weighted by molar-refractivity contribution is 0.448. The van der Waals surface area contributed by atoms with Crippen LogP contribution >= 0.6 is 0 Å². The molecule has 1 heterocycles. The van der Waals surface area contributed by atoms with E-state index in [1.165, 1.54) is 6.20 Å². The van der Waals surface area contributed by atoms with Crippen LogP contribution in [0, 0.1) is 28.8 Å². The Kier molecular flexibility index (Phi) is 5.03. The second kappa shape index (κ2) is 7.29. The van der Waals surface area contributed by atoms with Crippen molar-refractivity contribution in [1.82, 2.24) is 9.97 Å². The molecule has 0 amide bonds. The number of halogens is 3. The van der Waals surface area contributed by atoms with E-state index in [-0.39, 0.29) is 17.2 Å². The first-order chi connectivity index (χ1) is 13.2. The molecule has 142 valence electrons. The van der Waals surface area contributed by atoms with E-state index in [0.29, 0.717) is 11.3 Å². The van der Waals surface area contributed by atoms with Crippen molar-refractivity contribution in [3.05, 3.63) is 71.2 Å². The second-order valence-electron chi connectivity index (χ2n) is 6.75. The van der Waals surface area contributed by atoms with Gasteiger partial charge in [0.2, 0.25) is 5.95 Å². The summed E-state index contributed by atoms with van der Waals surface area (Å²) in [6.07, 6.45) is 1.29. The van der Waals surface area contributed by atoms with Crippen molar-refractivity contribution in [3.63, 3.8) is 0 Å². The fourth-order valence-electron chi connectivity index (χ4n) is 2.56. The number of nitrogens with one attached hydrogen (secondary N) is 1. The molecular weight excluding hydrogens is 367 g/mol. The number of benzene rings is 2. The highest BCUT2D eigenvalue weighted by Crippen LogP contribution is 2.26. The molecule has 0 aliphatic rings. The number of hydrogen-bond donors (Lipinski definition) is 2. The first-order valence-electron chi connectivity index (χ1n) is 8.27. The highest BCUT2D eigenvalue weighted by atomic mass is 19.2. The van der Waals surface area contributed by atoms with Gasteiger partial charge in [0.15, 0.2) is 17.5 Å². The Balaban J connectivity index is 1.98. The van der Waals surface area contributed by atoms with Crippen LogP contribution < -0.4 is 11.1 Å². The zero-order valence-electron chi connectivity index (χ0n) is 15.1. The summed E-state index contributed by atoms with van der Waals surface area (Å²) in [6, 6.07) is 10.8. The Hall–Kier alpha value is -3.44. The van der Waals surface area contributed by atoms with Crippen LogP contribution in [0.1, 0.15) is 25.0 Å². The van der Waals surface area contributed by atoms with E-state index < -0.39 is 23.0 Å². The lowest BCUT2D eigenvalue weighted by Gasteiger charge is -2.19. The van der Waals surface area contributed by atoms with Crippen LogP contribution in [0.15, 0.2) is 42.6 Å². The second-order valence-corrected chi connectivity index (χ2v) is 6.75. The zero-order valence-corrected chi connectivity index (χ0v) is 15.1. The number of nitrogens with two attached hydrogens (primary N) is 1. The first-order valence-corrected chi connectivity index (χ1v) is 8.27. The minimum Gasteiger partial charge on any atom is -0.324 e. The average Bonchev–Trinajstić information content (AvgIpc) is 2.65. The number of aromatic nitrogens is 2. The van der Waals surface area contributed by atoms with Gasteiger partial charge in [-0.2, -0.15) is 5.26 Å². The predicted octanol–water partition coefficient (Wildman–Crippen LogP) is 4.37. The fourth-order valence-corrected chi connectivity index (χ4v) is 2.56. The molecule has 3 aromatic rings. The molecular formula is C20H16F3N5. The summed E-state index contributed by atoms with van der Waals surface area (Å²) in [6.45, 7) is 3.74. The average molecular weight is 383 g/mol. The molecule has 3 rings (SSSR count). The predicted molar refractivity (Wildman–Crippen MR) is 99.0 cm³/mol. The molecule has 0 fully saturated rings. The van der Waals surface area contributed by atoms with Crippen molar-refractivity contribution in [2.75, 3.05) is 5.32 Å². The molecule has 0 bridgehead atoms. The minimum atomic E-state index is -1.56. The van der Waals surface area contributed by atoms with Crippen molar-refractivity contribution in [1.29, 1.82) is 5.26 Å². The molecule has 1 aromatic heterocycles. The summed E-state index contributed by atoms with van der Waals surface area (Å²) in [5.74, 6) is -4.23. The third-order valence-corrected chi connectivity index (χ3v) is 4.05. The lowest BCUT2D eigenvalue weighted by atomic mass is 9.94. The van der Waals surface area contributed by atoms with Crippen LogP contribution in [0.5, 0.6) is 0 Å². The maximum atomic E-state index is 13.4. The van der Waals surface area contributed by atoms with Crippen molar-refractivity contribution in [3.8, 4) is 17.3 Å². The highest BCUT2D eigenvalue weighted by molar-refractivity contribution is 5.68. The van der Waals surface area contributed by atoms with Gasteiger partial charge in [-0.3, -0.25) is 0 Å². The van der Waals surface area contributed by atoms with Gasteiger partial charge in [0, 0.05) is 28.9 Å². The summed E-state index contributed by atoms with van der Waals surface area (Å²) in [5.41, 5.74) is 7.59. The number of nitriles is 1. The smallest absolute Gasteiger partial charge is 0.227 e. The minimum absolute atomic E-state index is 0.00244. The number of hydrogen-bond acceptors (Lipinski definition) is 5. The van der Waals surface area contributed by atoms with E-state index in [1.54, 1.807) is 12.1 Å². The Labute approximate surface area is 159 Å². The number of rotatable bonds is 4. The van der Waals surface area contributed by atoms with Crippen molar-refractivity contribution < 1.29 is 13.2 Å². The monoisotopic (exact) mass is 383 g/mol. The first kappa shape index (κ1) is 19.3. The van der Waals surface area contributed by atoms with Gasteiger partial charge < -0.3 is 11.1 Å². The highest BCUT2D eigenvalue weighted by Gasteiger charge is 2.16. The van der Waals surface area contributed by atoms with Gasteiger partial charge in [0.1, 0.15) is 6.07 Å². The third kappa shape index (κ3) is 3.94. The summed E-state index contributed by atoms with van der Waals surface area (Å²) in [4.78, 5) is 8.23. The largest absolute Gasteiger partial charge is 0.324 e. The van der Waals surface area contributed by atoms with Crippen LogP contribution in [-0.4, -0.2) is 9.97 Å². The molecule has 0 aliphatic carbocycles. The van der Waals surface area contributed by atoms with Crippen molar-refractivity contribution in [2.24, 2.45) is 5.73 Å². The van der Waals surface area contributed by atoms with Gasteiger partial charge in [0.05, 0.1) is 17.5 Å². The molecule has 0 spiro atoms. The quantitative estimate of drug-likeness (QED) is 0.653. The topological polar surface area (TPSA) is 87.6 Å². The Bertz CT molecular complexity index is 1040. The van der Waals surface area contributed by atoms with E-state index in [1.807, 2.05) is 32.0 Å². The van der Waals surface area contributed by atoms with Gasteiger partial charge in [-0.05, 0) is 19.4 Å². The van der Waals surface area contributed by atoms with Gasteiger partial charge in [-0.15, -0.1) is 0 Å². The van der Waals surface area contributed by atoms with Crippen LogP contribution in [0.2, 0.25) is 0 Å². The molecule has 28 heavy (non-hydrogen) atoms. The van der Waals surface area contributed by atoms with Crippen molar-refractivity contribution >= 4 is 11.6 Å². The summed E-state index contributed by atoms with van der Waals surface area (Å²) >= 11 is 0. The van der Waals surface area contributed by atoms with Gasteiger partial charge in [-0.1, -0.05) is 24.3 Å². The standard InChI is InChI=1S/C20H16F3N5/c1-20(2,25)13-5-3-11(4-6-13)18-12(9-24)10-26-19(28-18)27-14-7-15(21)17(23)16(22)8-14/h3-8,10H,25H2,1-2H3,(H,26,27,28). The molecule has 2 aromatic carbocycles. The molecule has 8 heteroatoms. The van der Waals surface area contributed by atoms with Crippen LogP contribution in [0.3, 0.4) is 0 Å². The number of nitrogens with zero attached hydrogens (tertiary/aromatic N) is 3. The maximum absolute atomic E-state index is 13.4. The molecule has 0 aliphatic heterocycles. The fraction of sp³-hybridized carbons (Fsp3) is 0.150. The molecule has 0 atom stereocenters. The third-order valence-electron chi connectivity index (χ3n) is 4.05. The lowest BCUT2D eigenvalue weighted by Crippen LogP contribution is -2.28.